The Morgan fingerprint density at radius 2 is 1.94 bits per heavy atom. The Bertz CT molecular complexity index is 691. The molecule has 2 aromatic carbocycles. The summed E-state index contributed by atoms with van der Waals surface area (Å²) < 4.78 is 14.5. The van der Waals surface area contributed by atoms with E-state index in [0.717, 1.165) is 21.1 Å². The van der Waals surface area contributed by atoms with Crippen LogP contribution in [0.4, 0.5) is 4.39 Å². The second-order valence-corrected chi connectivity index (χ2v) is 4.66. The number of hydrogen-bond donors (Lipinski definition) is 1. The highest BCUT2D eigenvalue weighted by atomic mass is 79.9. The quantitative estimate of drug-likeness (QED) is 0.717. The van der Waals surface area contributed by atoms with E-state index in [9.17, 15) is 4.39 Å². The maximum absolute atomic E-state index is 13.5. The van der Waals surface area contributed by atoms with E-state index >= 15 is 0 Å². The summed E-state index contributed by atoms with van der Waals surface area (Å²) in [7, 11) is 0. The van der Waals surface area contributed by atoms with Gasteiger partial charge >= 0.3 is 0 Å². The number of nitrogens with one attached hydrogen (secondary N) is 1. The van der Waals surface area contributed by atoms with Crippen molar-refractivity contribution in [3.63, 3.8) is 0 Å². The fourth-order valence-corrected chi connectivity index (χ4v) is 2.27. The van der Waals surface area contributed by atoms with Crippen LogP contribution in [-0.4, -0.2) is 10.2 Å². The Labute approximate surface area is 106 Å². The first-order valence-corrected chi connectivity index (χ1v) is 5.93. The molecular formula is C13H8BrFN2. The second kappa shape index (κ2) is 3.96. The molecule has 0 saturated carbocycles. The van der Waals surface area contributed by atoms with Crippen LogP contribution < -0.4 is 0 Å². The van der Waals surface area contributed by atoms with E-state index in [1.165, 1.54) is 6.07 Å². The summed E-state index contributed by atoms with van der Waals surface area (Å²) in [5.74, 6) is -0.306. The Morgan fingerprint density at radius 3 is 2.76 bits per heavy atom. The maximum Gasteiger partial charge on any atom is 0.151 e. The van der Waals surface area contributed by atoms with Gasteiger partial charge in [0.05, 0.1) is 5.69 Å². The minimum absolute atomic E-state index is 0.306. The smallest absolute Gasteiger partial charge is 0.151 e. The second-order valence-electron chi connectivity index (χ2n) is 3.74. The van der Waals surface area contributed by atoms with Gasteiger partial charge in [0.2, 0.25) is 0 Å². The van der Waals surface area contributed by atoms with Crippen molar-refractivity contribution in [2.75, 3.05) is 0 Å². The van der Waals surface area contributed by atoms with Gasteiger partial charge in [-0.2, -0.15) is 5.10 Å². The Morgan fingerprint density at radius 1 is 1.12 bits per heavy atom. The average molecular weight is 291 g/mol. The summed E-state index contributed by atoms with van der Waals surface area (Å²) in [4.78, 5) is 0. The molecule has 0 amide bonds. The summed E-state index contributed by atoms with van der Waals surface area (Å²) >= 11 is 3.42. The number of para-hydroxylation sites is 1. The lowest BCUT2D eigenvalue weighted by Gasteiger charge is -1.99. The predicted molar refractivity (Wildman–Crippen MR) is 69.2 cm³/mol. The maximum atomic E-state index is 13.5. The number of hydrogen-bond acceptors (Lipinski definition) is 1. The molecular weight excluding hydrogens is 283 g/mol. The van der Waals surface area contributed by atoms with E-state index in [1.54, 1.807) is 6.07 Å². The normalized spacial score (nSPS) is 10.9. The summed E-state index contributed by atoms with van der Waals surface area (Å²) in [5, 5.41) is 7.69. The highest BCUT2D eigenvalue weighted by Gasteiger charge is 2.10. The zero-order chi connectivity index (χ0) is 11.8. The van der Waals surface area contributed by atoms with Gasteiger partial charge < -0.3 is 0 Å². The van der Waals surface area contributed by atoms with Gasteiger partial charge in [-0.15, -0.1) is 0 Å². The third kappa shape index (κ3) is 1.74. The number of benzene rings is 2. The molecule has 0 aliphatic carbocycles. The number of aromatic nitrogens is 2. The fourth-order valence-electron chi connectivity index (χ4n) is 1.87. The van der Waals surface area contributed by atoms with Gasteiger partial charge in [-0.05, 0) is 18.2 Å². The number of rotatable bonds is 1. The van der Waals surface area contributed by atoms with Crippen LogP contribution in [0.25, 0.3) is 22.2 Å². The topological polar surface area (TPSA) is 28.7 Å². The van der Waals surface area contributed by atoms with Crippen molar-refractivity contribution in [2.24, 2.45) is 0 Å². The van der Waals surface area contributed by atoms with Gasteiger partial charge in [0.1, 0.15) is 5.52 Å². The van der Waals surface area contributed by atoms with Crippen molar-refractivity contribution in [3.8, 4) is 11.3 Å². The SMILES string of the molecule is Fc1cccc2c(-c3cccc(Br)c3)[nH]nc12. The third-order valence-electron chi connectivity index (χ3n) is 2.65. The van der Waals surface area contributed by atoms with E-state index in [-0.39, 0.29) is 5.82 Å². The Balaban J connectivity index is 2.28. The fraction of sp³-hybridized carbons (Fsp3) is 0. The van der Waals surface area contributed by atoms with E-state index in [0.29, 0.717) is 5.52 Å². The number of nitrogens with zero attached hydrogens (tertiary/aromatic N) is 1. The molecule has 0 aliphatic heterocycles. The first-order valence-electron chi connectivity index (χ1n) is 5.14. The van der Waals surface area contributed by atoms with Crippen molar-refractivity contribution in [3.05, 3.63) is 52.8 Å². The summed E-state index contributed by atoms with van der Waals surface area (Å²) in [6, 6.07) is 12.8. The van der Waals surface area contributed by atoms with Gasteiger partial charge in [0, 0.05) is 15.4 Å². The van der Waals surface area contributed by atoms with Crippen LogP contribution in [-0.2, 0) is 0 Å². The predicted octanol–water partition coefficient (Wildman–Crippen LogP) is 4.13. The summed E-state index contributed by atoms with van der Waals surface area (Å²) in [6.07, 6.45) is 0. The molecule has 0 saturated heterocycles. The van der Waals surface area contributed by atoms with E-state index in [1.807, 2.05) is 30.3 Å². The molecule has 1 heterocycles. The van der Waals surface area contributed by atoms with Crippen molar-refractivity contribution in [1.29, 1.82) is 0 Å². The first-order chi connectivity index (χ1) is 8.25. The van der Waals surface area contributed by atoms with Crippen LogP contribution in [0.1, 0.15) is 0 Å². The van der Waals surface area contributed by atoms with Crippen molar-refractivity contribution in [2.45, 2.75) is 0 Å². The molecule has 4 heteroatoms. The first kappa shape index (κ1) is 10.5. The van der Waals surface area contributed by atoms with Crippen LogP contribution in [0.15, 0.2) is 46.9 Å². The van der Waals surface area contributed by atoms with Crippen molar-refractivity contribution >= 4 is 26.8 Å². The molecule has 17 heavy (non-hydrogen) atoms. The Kier molecular flexibility index (Phi) is 2.44. The zero-order valence-corrected chi connectivity index (χ0v) is 10.3. The third-order valence-corrected chi connectivity index (χ3v) is 3.14. The molecule has 84 valence electrons. The van der Waals surface area contributed by atoms with Gasteiger partial charge in [-0.25, -0.2) is 4.39 Å². The molecule has 0 fully saturated rings. The zero-order valence-electron chi connectivity index (χ0n) is 8.74. The number of halogens is 2. The lowest BCUT2D eigenvalue weighted by molar-refractivity contribution is 0.636. The number of H-pyrrole nitrogens is 1. The average Bonchev–Trinajstić information content (AvgIpc) is 2.74. The molecule has 0 bridgehead atoms. The van der Waals surface area contributed by atoms with E-state index in [2.05, 4.69) is 26.1 Å². The molecule has 0 radical (unpaired) electrons. The minimum Gasteiger partial charge on any atom is -0.277 e. The lowest BCUT2D eigenvalue weighted by atomic mass is 10.1. The molecule has 0 aliphatic rings. The Hall–Kier alpha value is -1.68. The summed E-state index contributed by atoms with van der Waals surface area (Å²) in [5.41, 5.74) is 2.19. The van der Waals surface area contributed by atoms with Crippen LogP contribution in [0.2, 0.25) is 0 Å². The lowest BCUT2D eigenvalue weighted by Crippen LogP contribution is -1.79. The van der Waals surface area contributed by atoms with Gasteiger partial charge in [0.25, 0.3) is 0 Å². The molecule has 1 N–H and O–H groups in total. The largest absolute Gasteiger partial charge is 0.277 e. The highest BCUT2D eigenvalue weighted by Crippen LogP contribution is 2.28. The van der Waals surface area contributed by atoms with Crippen LogP contribution >= 0.6 is 15.9 Å². The minimum atomic E-state index is -0.306. The monoisotopic (exact) mass is 290 g/mol. The van der Waals surface area contributed by atoms with E-state index in [4.69, 9.17) is 0 Å². The van der Waals surface area contributed by atoms with Crippen LogP contribution in [0.3, 0.4) is 0 Å². The van der Waals surface area contributed by atoms with E-state index < -0.39 is 0 Å². The standard InChI is InChI=1S/C13H8BrFN2/c14-9-4-1-3-8(7-9)12-10-5-2-6-11(15)13(10)17-16-12/h1-7H,(H,16,17). The molecule has 1 aromatic heterocycles. The van der Waals surface area contributed by atoms with Gasteiger partial charge in [-0.1, -0.05) is 40.2 Å². The highest BCUT2D eigenvalue weighted by molar-refractivity contribution is 9.10. The number of aromatic amines is 1. The number of fused-ring (bicyclic) bond motifs is 1. The molecule has 0 unspecified atom stereocenters. The molecule has 2 nitrogen and oxygen atoms in total. The molecule has 3 rings (SSSR count). The van der Waals surface area contributed by atoms with Crippen molar-refractivity contribution in [1.82, 2.24) is 10.2 Å². The van der Waals surface area contributed by atoms with Gasteiger partial charge in [0.15, 0.2) is 5.82 Å². The molecule has 0 spiro atoms. The molecule has 0 atom stereocenters. The van der Waals surface area contributed by atoms with Gasteiger partial charge in [-0.3, -0.25) is 5.10 Å². The summed E-state index contributed by atoms with van der Waals surface area (Å²) in [6.45, 7) is 0. The van der Waals surface area contributed by atoms with Crippen LogP contribution in [0, 0.1) is 5.82 Å². The molecule has 3 aromatic rings. The van der Waals surface area contributed by atoms with Crippen LogP contribution in [0.5, 0.6) is 0 Å². The van der Waals surface area contributed by atoms with Crippen molar-refractivity contribution < 1.29 is 4.39 Å².